The molecule has 2 N–H and O–H groups in total. The van der Waals surface area contributed by atoms with Crippen LogP contribution in [0.1, 0.15) is 6.92 Å². The van der Waals surface area contributed by atoms with Crippen LogP contribution >= 0.6 is 0 Å². The lowest BCUT2D eigenvalue weighted by molar-refractivity contribution is 0.139. The number of fused-ring (bicyclic) bond motifs is 1. The molecule has 8 nitrogen and oxygen atoms in total. The first-order chi connectivity index (χ1) is 14.2. The van der Waals surface area contributed by atoms with Crippen molar-refractivity contribution in [2.75, 3.05) is 49.6 Å². The summed E-state index contributed by atoms with van der Waals surface area (Å²) in [5.41, 5.74) is 2.62. The fraction of sp³-hybridized carbons (Fsp3) is 0.381. The summed E-state index contributed by atoms with van der Waals surface area (Å²) in [6.07, 6.45) is 1.73. The molecule has 1 fully saturated rings. The highest BCUT2D eigenvalue weighted by Gasteiger charge is 2.11. The predicted molar refractivity (Wildman–Crippen MR) is 115 cm³/mol. The lowest BCUT2D eigenvalue weighted by atomic mass is 10.2. The van der Waals surface area contributed by atoms with Crippen molar-refractivity contribution in [3.8, 4) is 0 Å². The Morgan fingerprint density at radius 1 is 1.14 bits per heavy atom. The summed E-state index contributed by atoms with van der Waals surface area (Å²) < 4.78 is 7.03. The van der Waals surface area contributed by atoms with Crippen LogP contribution in [-0.2, 0) is 11.3 Å². The highest BCUT2D eigenvalue weighted by atomic mass is 16.5. The molecule has 0 atom stereocenters. The van der Waals surface area contributed by atoms with Crippen LogP contribution in [0.2, 0.25) is 0 Å². The molecule has 0 radical (unpaired) electrons. The van der Waals surface area contributed by atoms with E-state index in [1.807, 2.05) is 19.1 Å². The van der Waals surface area contributed by atoms with Gasteiger partial charge in [0.1, 0.15) is 5.65 Å². The second-order valence-electron chi connectivity index (χ2n) is 6.90. The van der Waals surface area contributed by atoms with E-state index in [4.69, 9.17) is 4.74 Å². The quantitative estimate of drug-likeness (QED) is 0.593. The van der Waals surface area contributed by atoms with Crippen LogP contribution in [0.3, 0.4) is 0 Å². The number of hydrogen-bond donors (Lipinski definition) is 2. The van der Waals surface area contributed by atoms with Crippen LogP contribution in [0, 0.1) is 0 Å². The SMILES string of the molecule is CCOCCn1c(=O)ccc2cnc(Nc3ccc(N4CCNCC4)cc3)nc21. The molecule has 152 valence electrons. The minimum Gasteiger partial charge on any atom is -0.380 e. The summed E-state index contributed by atoms with van der Waals surface area (Å²) in [5, 5.41) is 7.43. The van der Waals surface area contributed by atoms with Crippen molar-refractivity contribution >= 4 is 28.4 Å². The van der Waals surface area contributed by atoms with Gasteiger partial charge in [0.2, 0.25) is 5.95 Å². The molecular weight excluding hydrogens is 368 g/mol. The summed E-state index contributed by atoms with van der Waals surface area (Å²) in [6.45, 7) is 7.52. The van der Waals surface area contributed by atoms with Gasteiger partial charge in [-0.15, -0.1) is 0 Å². The maximum atomic E-state index is 12.3. The fourth-order valence-corrected chi connectivity index (χ4v) is 3.46. The number of nitrogens with zero attached hydrogens (tertiary/aromatic N) is 4. The summed E-state index contributed by atoms with van der Waals surface area (Å²) in [7, 11) is 0. The van der Waals surface area contributed by atoms with E-state index >= 15 is 0 Å². The van der Waals surface area contributed by atoms with E-state index < -0.39 is 0 Å². The number of nitrogens with one attached hydrogen (secondary N) is 2. The first-order valence-corrected chi connectivity index (χ1v) is 10.0. The van der Waals surface area contributed by atoms with E-state index in [0.717, 1.165) is 37.3 Å². The Morgan fingerprint density at radius 3 is 2.69 bits per heavy atom. The molecule has 8 heteroatoms. The third kappa shape index (κ3) is 4.55. The first-order valence-electron chi connectivity index (χ1n) is 10.0. The minimum atomic E-state index is -0.0952. The normalized spacial score (nSPS) is 14.3. The fourth-order valence-electron chi connectivity index (χ4n) is 3.46. The van der Waals surface area contributed by atoms with Crippen molar-refractivity contribution in [1.29, 1.82) is 0 Å². The van der Waals surface area contributed by atoms with Crippen LogP contribution in [0.15, 0.2) is 47.4 Å². The van der Waals surface area contributed by atoms with Gasteiger partial charge in [0.05, 0.1) is 13.2 Å². The lowest BCUT2D eigenvalue weighted by Gasteiger charge is -2.29. The van der Waals surface area contributed by atoms with Gasteiger partial charge in [-0.25, -0.2) is 4.98 Å². The molecule has 1 aliphatic heterocycles. The number of piperazine rings is 1. The van der Waals surface area contributed by atoms with Crippen molar-refractivity contribution < 1.29 is 4.74 Å². The molecule has 1 saturated heterocycles. The van der Waals surface area contributed by atoms with Crippen molar-refractivity contribution in [3.05, 3.63) is 52.9 Å². The second-order valence-corrected chi connectivity index (χ2v) is 6.90. The molecule has 1 aromatic carbocycles. The molecule has 3 heterocycles. The number of hydrogen-bond acceptors (Lipinski definition) is 7. The van der Waals surface area contributed by atoms with Crippen molar-refractivity contribution in [3.63, 3.8) is 0 Å². The topological polar surface area (TPSA) is 84.3 Å². The van der Waals surface area contributed by atoms with E-state index in [-0.39, 0.29) is 5.56 Å². The highest BCUT2D eigenvalue weighted by Crippen LogP contribution is 2.21. The van der Waals surface area contributed by atoms with Gasteiger partial charge >= 0.3 is 0 Å². The standard InChI is InChI=1S/C21H26N6O2/c1-2-29-14-13-27-19(28)8-3-16-15-23-21(25-20(16)27)24-17-4-6-18(7-5-17)26-11-9-22-10-12-26/h3-8,15,22H,2,9-14H2,1H3,(H,23,24,25). The van der Waals surface area contributed by atoms with Gasteiger partial charge in [0.25, 0.3) is 5.56 Å². The molecule has 0 bridgehead atoms. The molecule has 4 rings (SSSR count). The van der Waals surface area contributed by atoms with Gasteiger partial charge in [-0.3, -0.25) is 9.36 Å². The van der Waals surface area contributed by atoms with Gasteiger partial charge < -0.3 is 20.3 Å². The monoisotopic (exact) mass is 394 g/mol. The highest BCUT2D eigenvalue weighted by molar-refractivity contribution is 5.75. The maximum absolute atomic E-state index is 12.3. The predicted octanol–water partition coefficient (Wildman–Crippen LogP) is 1.98. The van der Waals surface area contributed by atoms with Crippen LogP contribution in [-0.4, -0.2) is 53.9 Å². The number of aromatic nitrogens is 3. The molecular formula is C21H26N6O2. The van der Waals surface area contributed by atoms with Crippen LogP contribution in [0.5, 0.6) is 0 Å². The maximum Gasteiger partial charge on any atom is 0.252 e. The Kier molecular flexibility index (Phi) is 6.02. The summed E-state index contributed by atoms with van der Waals surface area (Å²) in [4.78, 5) is 23.7. The largest absolute Gasteiger partial charge is 0.380 e. The Labute approximate surface area is 169 Å². The zero-order valence-electron chi connectivity index (χ0n) is 16.6. The summed E-state index contributed by atoms with van der Waals surface area (Å²) in [6, 6.07) is 11.6. The Morgan fingerprint density at radius 2 is 1.93 bits per heavy atom. The average molecular weight is 394 g/mol. The van der Waals surface area contributed by atoms with Crippen molar-refractivity contribution in [1.82, 2.24) is 19.9 Å². The molecule has 0 amide bonds. The number of rotatable bonds is 7. The van der Waals surface area contributed by atoms with Crippen molar-refractivity contribution in [2.45, 2.75) is 13.5 Å². The third-order valence-corrected chi connectivity index (χ3v) is 4.99. The summed E-state index contributed by atoms with van der Waals surface area (Å²) in [5.74, 6) is 0.461. The molecule has 0 aliphatic carbocycles. The number of anilines is 3. The molecule has 0 spiro atoms. The van der Waals surface area contributed by atoms with Crippen LogP contribution in [0.25, 0.3) is 11.0 Å². The zero-order valence-corrected chi connectivity index (χ0v) is 16.6. The van der Waals surface area contributed by atoms with Crippen LogP contribution in [0.4, 0.5) is 17.3 Å². The molecule has 3 aromatic rings. The first kappa shape index (κ1) is 19.4. The van der Waals surface area contributed by atoms with Crippen molar-refractivity contribution in [2.24, 2.45) is 0 Å². The summed E-state index contributed by atoms with van der Waals surface area (Å²) >= 11 is 0. The van der Waals surface area contributed by atoms with Crippen LogP contribution < -0.4 is 21.1 Å². The smallest absolute Gasteiger partial charge is 0.252 e. The number of ether oxygens (including phenoxy) is 1. The van der Waals surface area contributed by atoms with Gasteiger partial charge in [0, 0.05) is 61.8 Å². The Balaban J connectivity index is 1.54. The number of pyridine rings is 1. The van der Waals surface area contributed by atoms with Gasteiger partial charge in [-0.2, -0.15) is 4.98 Å². The third-order valence-electron chi connectivity index (χ3n) is 4.99. The zero-order chi connectivity index (χ0) is 20.1. The number of benzene rings is 1. The van der Waals surface area contributed by atoms with E-state index in [2.05, 4.69) is 37.6 Å². The Hall–Kier alpha value is -2.97. The van der Waals surface area contributed by atoms with Gasteiger partial charge in [-0.05, 0) is 37.3 Å². The Bertz CT molecular complexity index is 1010. The minimum absolute atomic E-state index is 0.0952. The van der Waals surface area contributed by atoms with E-state index in [9.17, 15) is 4.79 Å². The van der Waals surface area contributed by atoms with Gasteiger partial charge in [0.15, 0.2) is 0 Å². The molecule has 29 heavy (non-hydrogen) atoms. The van der Waals surface area contributed by atoms with E-state index in [1.165, 1.54) is 5.69 Å². The average Bonchev–Trinajstić information content (AvgIpc) is 2.76. The van der Waals surface area contributed by atoms with E-state index in [0.29, 0.717) is 31.4 Å². The molecule has 2 aromatic heterocycles. The molecule has 0 unspecified atom stereocenters. The second kappa shape index (κ2) is 9.02. The molecule has 1 aliphatic rings. The van der Waals surface area contributed by atoms with Gasteiger partial charge in [-0.1, -0.05) is 0 Å². The van der Waals surface area contributed by atoms with E-state index in [1.54, 1.807) is 22.9 Å². The lowest BCUT2D eigenvalue weighted by Crippen LogP contribution is -2.43. The molecule has 0 saturated carbocycles.